The van der Waals surface area contributed by atoms with Crippen LogP contribution in [0.5, 0.6) is 0 Å². The Morgan fingerprint density at radius 1 is 1.33 bits per heavy atom. The van der Waals surface area contributed by atoms with Crippen molar-refractivity contribution < 1.29 is 0 Å². The fourth-order valence-electron chi connectivity index (χ4n) is 2.40. The first-order valence-corrected chi connectivity index (χ1v) is 5.98. The summed E-state index contributed by atoms with van der Waals surface area (Å²) in [6, 6.07) is 4.95. The van der Waals surface area contributed by atoms with Crippen LogP contribution in [0.4, 0.5) is 0 Å². The zero-order chi connectivity index (χ0) is 10.5. The van der Waals surface area contributed by atoms with Crippen molar-refractivity contribution in [1.82, 2.24) is 10.3 Å². The highest BCUT2D eigenvalue weighted by molar-refractivity contribution is 5.09. The number of pyridine rings is 1. The van der Waals surface area contributed by atoms with Gasteiger partial charge in [0, 0.05) is 18.4 Å². The minimum absolute atomic E-state index is 0.756. The standard InChI is InChI=1S/C13H20N2/c1-11-3-2-4-13(11)15-10-7-12-5-8-14-9-6-12/h5-6,8-9,11,13,15H,2-4,7,10H2,1H3. The van der Waals surface area contributed by atoms with E-state index in [4.69, 9.17) is 0 Å². The van der Waals surface area contributed by atoms with Crippen LogP contribution in [0.2, 0.25) is 0 Å². The molecule has 1 aliphatic rings. The Kier molecular flexibility index (Phi) is 3.73. The third-order valence-electron chi connectivity index (χ3n) is 3.43. The fraction of sp³-hybridized carbons (Fsp3) is 0.615. The van der Waals surface area contributed by atoms with Crippen LogP contribution in [0.25, 0.3) is 0 Å². The Hall–Kier alpha value is -0.890. The van der Waals surface area contributed by atoms with Gasteiger partial charge >= 0.3 is 0 Å². The van der Waals surface area contributed by atoms with Gasteiger partial charge in [0.2, 0.25) is 0 Å². The molecule has 0 saturated heterocycles. The van der Waals surface area contributed by atoms with Crippen molar-refractivity contribution in [1.29, 1.82) is 0 Å². The molecule has 2 rings (SSSR count). The highest BCUT2D eigenvalue weighted by Crippen LogP contribution is 2.24. The molecule has 1 aromatic rings. The molecule has 1 N–H and O–H groups in total. The predicted molar refractivity (Wildman–Crippen MR) is 62.7 cm³/mol. The average Bonchev–Trinajstić information content (AvgIpc) is 2.66. The van der Waals surface area contributed by atoms with Crippen LogP contribution < -0.4 is 5.32 Å². The number of nitrogens with zero attached hydrogens (tertiary/aromatic N) is 1. The lowest BCUT2D eigenvalue weighted by Gasteiger charge is -2.16. The number of aromatic nitrogens is 1. The predicted octanol–water partition coefficient (Wildman–Crippen LogP) is 2.40. The first-order chi connectivity index (χ1) is 7.36. The van der Waals surface area contributed by atoms with E-state index in [0.717, 1.165) is 24.9 Å². The van der Waals surface area contributed by atoms with Gasteiger partial charge in [-0.25, -0.2) is 0 Å². The van der Waals surface area contributed by atoms with Gasteiger partial charge in [-0.15, -0.1) is 0 Å². The molecule has 2 atom stereocenters. The van der Waals surface area contributed by atoms with E-state index < -0.39 is 0 Å². The number of hydrogen-bond donors (Lipinski definition) is 1. The average molecular weight is 204 g/mol. The van der Waals surface area contributed by atoms with Gasteiger partial charge in [0.25, 0.3) is 0 Å². The van der Waals surface area contributed by atoms with E-state index in [0.29, 0.717) is 0 Å². The molecule has 1 aromatic heterocycles. The Morgan fingerprint density at radius 3 is 2.80 bits per heavy atom. The molecule has 2 heteroatoms. The fourth-order valence-corrected chi connectivity index (χ4v) is 2.40. The lowest BCUT2D eigenvalue weighted by molar-refractivity contribution is 0.430. The maximum absolute atomic E-state index is 4.02. The topological polar surface area (TPSA) is 24.9 Å². The third-order valence-corrected chi connectivity index (χ3v) is 3.43. The summed E-state index contributed by atoms with van der Waals surface area (Å²) in [6.45, 7) is 3.45. The van der Waals surface area contributed by atoms with E-state index in [9.17, 15) is 0 Å². The summed E-state index contributed by atoms with van der Waals surface area (Å²) in [7, 11) is 0. The van der Waals surface area contributed by atoms with Crippen molar-refractivity contribution in [2.45, 2.75) is 38.6 Å². The van der Waals surface area contributed by atoms with Crippen molar-refractivity contribution in [2.24, 2.45) is 5.92 Å². The van der Waals surface area contributed by atoms with Crippen LogP contribution in [0.15, 0.2) is 24.5 Å². The van der Waals surface area contributed by atoms with Crippen LogP contribution in [0, 0.1) is 5.92 Å². The molecule has 2 unspecified atom stereocenters. The zero-order valence-corrected chi connectivity index (χ0v) is 9.45. The molecule has 0 spiro atoms. The van der Waals surface area contributed by atoms with Crippen molar-refractivity contribution in [3.63, 3.8) is 0 Å². The van der Waals surface area contributed by atoms with Crippen LogP contribution in [-0.2, 0) is 6.42 Å². The minimum Gasteiger partial charge on any atom is -0.313 e. The van der Waals surface area contributed by atoms with Crippen LogP contribution in [0.1, 0.15) is 31.7 Å². The second kappa shape index (κ2) is 5.26. The van der Waals surface area contributed by atoms with E-state index in [-0.39, 0.29) is 0 Å². The summed E-state index contributed by atoms with van der Waals surface area (Å²) in [6.07, 6.45) is 9.01. The van der Waals surface area contributed by atoms with Gasteiger partial charge in [0.1, 0.15) is 0 Å². The normalized spacial score (nSPS) is 25.7. The molecule has 0 aromatic carbocycles. The minimum atomic E-state index is 0.756. The molecule has 82 valence electrons. The maximum atomic E-state index is 4.02. The molecular weight excluding hydrogens is 184 g/mol. The van der Waals surface area contributed by atoms with Crippen molar-refractivity contribution in [3.05, 3.63) is 30.1 Å². The van der Waals surface area contributed by atoms with Crippen molar-refractivity contribution in [3.8, 4) is 0 Å². The van der Waals surface area contributed by atoms with Crippen LogP contribution in [0.3, 0.4) is 0 Å². The number of nitrogens with one attached hydrogen (secondary N) is 1. The van der Waals surface area contributed by atoms with Crippen LogP contribution >= 0.6 is 0 Å². The van der Waals surface area contributed by atoms with Gasteiger partial charge in [0.15, 0.2) is 0 Å². The molecule has 0 radical (unpaired) electrons. The van der Waals surface area contributed by atoms with E-state index in [1.807, 2.05) is 12.4 Å². The lowest BCUT2D eigenvalue weighted by atomic mass is 10.1. The summed E-state index contributed by atoms with van der Waals surface area (Å²) in [5, 5.41) is 3.66. The van der Waals surface area contributed by atoms with Gasteiger partial charge in [0.05, 0.1) is 0 Å². The summed E-state index contributed by atoms with van der Waals surface area (Å²) >= 11 is 0. The molecule has 15 heavy (non-hydrogen) atoms. The summed E-state index contributed by atoms with van der Waals surface area (Å²) in [4.78, 5) is 4.02. The van der Waals surface area contributed by atoms with Crippen LogP contribution in [-0.4, -0.2) is 17.6 Å². The van der Waals surface area contributed by atoms with E-state index in [1.165, 1.54) is 24.8 Å². The molecule has 0 bridgehead atoms. The zero-order valence-electron chi connectivity index (χ0n) is 9.45. The van der Waals surface area contributed by atoms with Gasteiger partial charge in [-0.2, -0.15) is 0 Å². The Balaban J connectivity index is 1.71. The largest absolute Gasteiger partial charge is 0.313 e. The Morgan fingerprint density at radius 2 is 2.13 bits per heavy atom. The van der Waals surface area contributed by atoms with E-state index in [2.05, 4.69) is 29.4 Å². The van der Waals surface area contributed by atoms with E-state index in [1.54, 1.807) is 0 Å². The molecule has 0 amide bonds. The lowest BCUT2D eigenvalue weighted by Crippen LogP contribution is -2.32. The summed E-state index contributed by atoms with van der Waals surface area (Å²) in [5.41, 5.74) is 1.38. The smallest absolute Gasteiger partial charge is 0.0270 e. The first kappa shape index (κ1) is 10.6. The van der Waals surface area contributed by atoms with Gasteiger partial charge < -0.3 is 5.32 Å². The monoisotopic (exact) mass is 204 g/mol. The number of hydrogen-bond acceptors (Lipinski definition) is 2. The highest BCUT2D eigenvalue weighted by atomic mass is 14.9. The molecular formula is C13H20N2. The van der Waals surface area contributed by atoms with Gasteiger partial charge in [-0.3, -0.25) is 4.98 Å². The van der Waals surface area contributed by atoms with Gasteiger partial charge in [-0.1, -0.05) is 13.3 Å². The molecule has 1 fully saturated rings. The maximum Gasteiger partial charge on any atom is 0.0270 e. The molecule has 1 aliphatic carbocycles. The summed E-state index contributed by atoms with van der Waals surface area (Å²) in [5.74, 6) is 0.863. The SMILES string of the molecule is CC1CCCC1NCCc1ccncc1. The molecule has 1 saturated carbocycles. The number of rotatable bonds is 4. The van der Waals surface area contributed by atoms with E-state index >= 15 is 0 Å². The highest BCUT2D eigenvalue weighted by Gasteiger charge is 2.21. The Bertz CT molecular complexity index is 284. The Labute approximate surface area is 92.1 Å². The van der Waals surface area contributed by atoms with Gasteiger partial charge in [-0.05, 0) is 49.4 Å². The second-order valence-corrected chi connectivity index (χ2v) is 4.57. The second-order valence-electron chi connectivity index (χ2n) is 4.57. The quantitative estimate of drug-likeness (QED) is 0.814. The van der Waals surface area contributed by atoms with Crippen molar-refractivity contribution >= 4 is 0 Å². The van der Waals surface area contributed by atoms with Crippen molar-refractivity contribution in [2.75, 3.05) is 6.54 Å². The molecule has 0 aliphatic heterocycles. The molecule has 2 nitrogen and oxygen atoms in total. The molecule has 1 heterocycles. The third kappa shape index (κ3) is 3.03. The first-order valence-electron chi connectivity index (χ1n) is 5.98. The summed E-state index contributed by atoms with van der Waals surface area (Å²) < 4.78 is 0.